The van der Waals surface area contributed by atoms with Gasteiger partial charge in [-0.05, 0) is 45.7 Å². The Labute approximate surface area is 167 Å². The van der Waals surface area contributed by atoms with Crippen LogP contribution in [0.5, 0.6) is 0 Å². The average Bonchev–Trinajstić information content (AvgIpc) is 3.18. The van der Waals surface area contributed by atoms with Crippen LogP contribution < -0.4 is 5.32 Å². The highest BCUT2D eigenvalue weighted by molar-refractivity contribution is 5.76. The fourth-order valence-electron chi connectivity index (χ4n) is 2.81. The molecule has 1 amide bonds. The smallest absolute Gasteiger partial charge is 0.410 e. The number of benzene rings is 1. The van der Waals surface area contributed by atoms with Crippen molar-refractivity contribution < 1.29 is 23.8 Å². The molecule has 2 atom stereocenters. The predicted octanol–water partition coefficient (Wildman–Crippen LogP) is 2.73. The van der Waals surface area contributed by atoms with Crippen LogP contribution in [0.25, 0.3) is 0 Å². The highest BCUT2D eigenvalue weighted by atomic mass is 16.6. The van der Waals surface area contributed by atoms with Gasteiger partial charge in [0, 0.05) is 7.05 Å². The van der Waals surface area contributed by atoms with Gasteiger partial charge in [0.15, 0.2) is 0 Å². The largest absolute Gasteiger partial charge is 0.462 e. The number of rotatable bonds is 8. The summed E-state index contributed by atoms with van der Waals surface area (Å²) in [6.07, 6.45) is 1.26. The van der Waals surface area contributed by atoms with Crippen LogP contribution in [-0.4, -0.2) is 61.5 Å². The van der Waals surface area contributed by atoms with Gasteiger partial charge in [0.2, 0.25) is 0 Å². The second kappa shape index (κ2) is 10.4. The van der Waals surface area contributed by atoms with Crippen LogP contribution in [0.2, 0.25) is 0 Å². The van der Waals surface area contributed by atoms with Crippen molar-refractivity contribution in [3.63, 3.8) is 0 Å². The van der Waals surface area contributed by atoms with E-state index in [0.717, 1.165) is 24.9 Å². The molecule has 2 unspecified atom stereocenters. The molecule has 0 spiro atoms. The topological polar surface area (TPSA) is 77.1 Å². The van der Waals surface area contributed by atoms with E-state index >= 15 is 0 Å². The second-order valence-corrected chi connectivity index (χ2v) is 8.02. The molecule has 1 N–H and O–H groups in total. The lowest BCUT2D eigenvalue weighted by Gasteiger charge is -2.30. The molecule has 7 nitrogen and oxygen atoms in total. The van der Waals surface area contributed by atoms with Gasteiger partial charge >= 0.3 is 12.1 Å². The maximum atomic E-state index is 12.4. The molecule has 1 aliphatic heterocycles. The summed E-state index contributed by atoms with van der Waals surface area (Å²) >= 11 is 0. The summed E-state index contributed by atoms with van der Waals surface area (Å²) in [6.45, 7) is 6.96. The summed E-state index contributed by atoms with van der Waals surface area (Å²) in [6, 6.07) is 9.07. The zero-order valence-electron chi connectivity index (χ0n) is 17.3. The van der Waals surface area contributed by atoms with Crippen LogP contribution in [0.15, 0.2) is 30.3 Å². The van der Waals surface area contributed by atoms with Crippen molar-refractivity contribution in [3.8, 4) is 0 Å². The Hall–Kier alpha value is -2.12. The van der Waals surface area contributed by atoms with Gasteiger partial charge in [0.1, 0.15) is 18.2 Å². The molecule has 1 saturated heterocycles. The Morgan fingerprint density at radius 2 is 1.93 bits per heavy atom. The molecule has 1 fully saturated rings. The van der Waals surface area contributed by atoms with Crippen LogP contribution in [0.4, 0.5) is 4.79 Å². The van der Waals surface area contributed by atoms with Crippen molar-refractivity contribution in [3.05, 3.63) is 35.9 Å². The quantitative estimate of drug-likeness (QED) is 0.686. The van der Waals surface area contributed by atoms with Crippen LogP contribution in [-0.2, 0) is 25.6 Å². The lowest BCUT2D eigenvalue weighted by molar-refractivity contribution is -0.148. The van der Waals surface area contributed by atoms with E-state index in [1.54, 1.807) is 7.05 Å². The van der Waals surface area contributed by atoms with Crippen molar-refractivity contribution in [1.82, 2.24) is 10.2 Å². The minimum absolute atomic E-state index is 0.0571. The molecule has 2 rings (SSSR count). The number of ether oxygens (including phenoxy) is 3. The highest BCUT2D eigenvalue weighted by Crippen LogP contribution is 2.13. The Bertz CT molecular complexity index is 623. The average molecular weight is 392 g/mol. The number of nitrogens with one attached hydrogen (secondary N) is 1. The first-order valence-corrected chi connectivity index (χ1v) is 9.74. The zero-order valence-corrected chi connectivity index (χ0v) is 17.3. The summed E-state index contributed by atoms with van der Waals surface area (Å²) in [5, 5.41) is 3.12. The Balaban J connectivity index is 1.92. The van der Waals surface area contributed by atoms with Crippen LogP contribution in [0.3, 0.4) is 0 Å². The van der Waals surface area contributed by atoms with Crippen molar-refractivity contribution in [2.24, 2.45) is 0 Å². The van der Waals surface area contributed by atoms with Crippen molar-refractivity contribution >= 4 is 12.1 Å². The number of amides is 1. The molecule has 156 valence electrons. The second-order valence-electron chi connectivity index (χ2n) is 8.02. The van der Waals surface area contributed by atoms with Gasteiger partial charge in [0.05, 0.1) is 19.3 Å². The summed E-state index contributed by atoms with van der Waals surface area (Å²) in [5.74, 6) is -0.289. The van der Waals surface area contributed by atoms with Gasteiger partial charge in [-0.1, -0.05) is 30.3 Å². The molecule has 1 aromatic rings. The zero-order chi connectivity index (χ0) is 20.6. The van der Waals surface area contributed by atoms with Gasteiger partial charge in [-0.15, -0.1) is 0 Å². The Morgan fingerprint density at radius 1 is 1.21 bits per heavy atom. The fraction of sp³-hybridized carbons (Fsp3) is 0.619. The number of carbonyl (C=O) groups excluding carboxylic acids is 2. The van der Waals surface area contributed by atoms with E-state index in [0.29, 0.717) is 6.61 Å². The van der Waals surface area contributed by atoms with Crippen LogP contribution in [0, 0.1) is 0 Å². The molecular formula is C21H32N2O5. The molecular weight excluding hydrogens is 360 g/mol. The van der Waals surface area contributed by atoms with E-state index in [9.17, 15) is 9.59 Å². The Kier molecular flexibility index (Phi) is 8.26. The number of hydrogen-bond donors (Lipinski definition) is 1. The van der Waals surface area contributed by atoms with Gasteiger partial charge in [-0.25, -0.2) is 4.79 Å². The van der Waals surface area contributed by atoms with E-state index in [2.05, 4.69) is 5.32 Å². The SMILES string of the molecule is CN(C(=O)OC(C)(C)C)C(COCc1ccccc1)COC(=O)C1CCCN1. The highest BCUT2D eigenvalue weighted by Gasteiger charge is 2.29. The minimum Gasteiger partial charge on any atom is -0.462 e. The van der Waals surface area contributed by atoms with Gasteiger partial charge in [0.25, 0.3) is 0 Å². The lowest BCUT2D eigenvalue weighted by Crippen LogP contribution is -2.46. The first-order valence-electron chi connectivity index (χ1n) is 9.74. The maximum absolute atomic E-state index is 12.4. The maximum Gasteiger partial charge on any atom is 0.410 e. The molecule has 0 saturated carbocycles. The molecule has 0 radical (unpaired) electrons. The third-order valence-corrected chi connectivity index (χ3v) is 4.41. The molecule has 0 aliphatic carbocycles. The standard InChI is InChI=1S/C21H32N2O5/c1-21(2,3)28-20(25)23(4)17(14-26-13-16-9-6-5-7-10-16)15-27-19(24)18-11-8-12-22-18/h5-7,9-10,17-18,22H,8,11-15H2,1-4H3. The first-order chi connectivity index (χ1) is 13.3. The predicted molar refractivity (Wildman–Crippen MR) is 106 cm³/mol. The summed E-state index contributed by atoms with van der Waals surface area (Å²) in [7, 11) is 1.63. The monoisotopic (exact) mass is 392 g/mol. The molecule has 1 heterocycles. The Morgan fingerprint density at radius 3 is 2.54 bits per heavy atom. The van der Waals surface area contributed by atoms with Crippen LogP contribution >= 0.6 is 0 Å². The fourth-order valence-corrected chi connectivity index (χ4v) is 2.81. The molecule has 0 bridgehead atoms. The minimum atomic E-state index is -0.606. The number of nitrogens with zero attached hydrogens (tertiary/aromatic N) is 1. The van der Waals surface area contributed by atoms with Gasteiger partial charge in [-0.2, -0.15) is 0 Å². The number of likely N-dealkylation sites (N-methyl/N-ethyl adjacent to an activating group) is 1. The summed E-state index contributed by atoms with van der Waals surface area (Å²) in [4.78, 5) is 26.1. The first kappa shape index (κ1) is 22.2. The number of esters is 1. The van der Waals surface area contributed by atoms with Crippen molar-refractivity contribution in [1.29, 1.82) is 0 Å². The number of carbonyl (C=O) groups is 2. The number of hydrogen-bond acceptors (Lipinski definition) is 6. The van der Waals surface area contributed by atoms with E-state index in [-0.39, 0.29) is 25.2 Å². The van der Waals surface area contributed by atoms with E-state index in [1.165, 1.54) is 4.90 Å². The molecule has 1 aromatic carbocycles. The molecule has 0 aromatic heterocycles. The normalized spacial score (nSPS) is 17.8. The van der Waals surface area contributed by atoms with E-state index in [1.807, 2.05) is 51.1 Å². The molecule has 28 heavy (non-hydrogen) atoms. The van der Waals surface area contributed by atoms with Gasteiger partial charge in [-0.3, -0.25) is 4.79 Å². The van der Waals surface area contributed by atoms with Crippen LogP contribution in [0.1, 0.15) is 39.2 Å². The van der Waals surface area contributed by atoms with Crippen molar-refractivity contribution in [2.75, 3.05) is 26.8 Å². The summed E-state index contributed by atoms with van der Waals surface area (Å²) < 4.78 is 16.7. The van der Waals surface area contributed by atoms with Gasteiger partial charge < -0.3 is 24.4 Å². The summed E-state index contributed by atoms with van der Waals surface area (Å²) in [5.41, 5.74) is 0.430. The van der Waals surface area contributed by atoms with E-state index in [4.69, 9.17) is 14.2 Å². The van der Waals surface area contributed by atoms with Crippen molar-refractivity contribution in [2.45, 2.75) is 57.9 Å². The lowest BCUT2D eigenvalue weighted by atomic mass is 10.2. The third-order valence-electron chi connectivity index (χ3n) is 4.41. The third kappa shape index (κ3) is 7.48. The molecule has 1 aliphatic rings. The molecule has 7 heteroatoms. The van der Waals surface area contributed by atoms with E-state index < -0.39 is 17.7 Å².